The minimum absolute atomic E-state index is 0. The molecule has 136 valence electrons. The lowest BCUT2D eigenvalue weighted by molar-refractivity contribution is -0.134. The zero-order chi connectivity index (χ0) is 16.8. The summed E-state index contributed by atoms with van der Waals surface area (Å²) in [5.74, 6) is 1.57. The highest BCUT2D eigenvalue weighted by atomic mass is 35.5. The summed E-state index contributed by atoms with van der Waals surface area (Å²) in [6.45, 7) is 0.841. The normalized spacial score (nSPS) is 14.5. The Morgan fingerprint density at radius 3 is 2.50 bits per heavy atom. The average Bonchev–Trinajstić information content (AvgIpc) is 3.41. The van der Waals surface area contributed by atoms with Crippen LogP contribution in [0.25, 0.3) is 0 Å². The number of hydrogen-bond acceptors (Lipinski definition) is 5. The van der Waals surface area contributed by atoms with Gasteiger partial charge in [-0.05, 0) is 31.0 Å². The van der Waals surface area contributed by atoms with E-state index >= 15 is 0 Å². The number of halogens is 1. The summed E-state index contributed by atoms with van der Waals surface area (Å²) in [7, 11) is 4.83. The number of rotatable bonds is 9. The molecule has 7 heteroatoms. The van der Waals surface area contributed by atoms with Crippen LogP contribution in [0.5, 0.6) is 11.5 Å². The van der Waals surface area contributed by atoms with Gasteiger partial charge in [0.15, 0.2) is 0 Å². The molecule has 2 N–H and O–H groups in total. The highest BCUT2D eigenvalue weighted by molar-refractivity contribution is 5.85. The molecule has 0 radical (unpaired) electrons. The second kappa shape index (κ2) is 9.71. The molecule has 1 fully saturated rings. The minimum Gasteiger partial charge on any atom is -0.497 e. The first-order valence-corrected chi connectivity index (χ1v) is 7.86. The van der Waals surface area contributed by atoms with Crippen molar-refractivity contribution in [1.82, 2.24) is 4.90 Å². The molecule has 0 spiro atoms. The Balaban J connectivity index is 0.00000288. The second-order valence-corrected chi connectivity index (χ2v) is 5.73. The van der Waals surface area contributed by atoms with E-state index in [1.165, 1.54) is 0 Å². The van der Waals surface area contributed by atoms with Crippen molar-refractivity contribution in [2.45, 2.75) is 38.0 Å². The first-order chi connectivity index (χ1) is 11.1. The zero-order valence-electron chi connectivity index (χ0n) is 14.5. The van der Waals surface area contributed by atoms with Crippen molar-refractivity contribution in [3.05, 3.63) is 23.8 Å². The van der Waals surface area contributed by atoms with Gasteiger partial charge in [0.2, 0.25) is 5.91 Å². The Bertz CT molecular complexity index is 533. The largest absolute Gasteiger partial charge is 0.497 e. The van der Waals surface area contributed by atoms with Gasteiger partial charge in [-0.15, -0.1) is 12.4 Å². The van der Waals surface area contributed by atoms with Crippen LogP contribution in [-0.4, -0.2) is 50.8 Å². The van der Waals surface area contributed by atoms with Crippen LogP contribution in [0, 0.1) is 0 Å². The quantitative estimate of drug-likeness (QED) is 0.730. The van der Waals surface area contributed by atoms with Crippen LogP contribution in [0.4, 0.5) is 0 Å². The van der Waals surface area contributed by atoms with Gasteiger partial charge in [-0.2, -0.15) is 0 Å². The molecule has 0 aliphatic heterocycles. The lowest BCUT2D eigenvalue weighted by Crippen LogP contribution is -2.37. The van der Waals surface area contributed by atoms with Crippen LogP contribution in [0.15, 0.2) is 18.2 Å². The van der Waals surface area contributed by atoms with Gasteiger partial charge in [0.1, 0.15) is 11.5 Å². The molecule has 1 aliphatic carbocycles. The van der Waals surface area contributed by atoms with Crippen LogP contribution in [0.1, 0.15) is 24.8 Å². The van der Waals surface area contributed by atoms with Crippen LogP contribution in [-0.2, 0) is 16.1 Å². The smallest absolute Gasteiger partial charge is 0.225 e. The molecule has 0 saturated heterocycles. The summed E-state index contributed by atoms with van der Waals surface area (Å²) < 4.78 is 15.9. The first-order valence-electron chi connectivity index (χ1n) is 7.86. The Morgan fingerprint density at radius 1 is 1.29 bits per heavy atom. The third-order valence-electron chi connectivity index (χ3n) is 4.13. The van der Waals surface area contributed by atoms with E-state index in [-0.39, 0.29) is 24.4 Å². The molecule has 2 rings (SSSR count). The van der Waals surface area contributed by atoms with Crippen LogP contribution in [0.2, 0.25) is 0 Å². The summed E-state index contributed by atoms with van der Waals surface area (Å²) in [5, 5.41) is 0. The highest BCUT2D eigenvalue weighted by Gasteiger charge is 2.33. The number of methoxy groups -OCH3 is 3. The van der Waals surface area contributed by atoms with Gasteiger partial charge in [0.05, 0.1) is 26.7 Å². The predicted molar refractivity (Wildman–Crippen MR) is 94.8 cm³/mol. The van der Waals surface area contributed by atoms with Crippen molar-refractivity contribution in [3.63, 3.8) is 0 Å². The second-order valence-electron chi connectivity index (χ2n) is 5.73. The number of hydrogen-bond donors (Lipinski definition) is 1. The third kappa shape index (κ3) is 5.26. The van der Waals surface area contributed by atoms with Gasteiger partial charge in [0.25, 0.3) is 0 Å². The Labute approximate surface area is 149 Å². The fourth-order valence-electron chi connectivity index (χ4n) is 2.57. The molecule has 0 aromatic heterocycles. The Hall–Kier alpha value is -1.50. The number of benzene rings is 1. The molecule has 1 aromatic carbocycles. The van der Waals surface area contributed by atoms with Crippen LogP contribution in [0.3, 0.4) is 0 Å². The van der Waals surface area contributed by atoms with E-state index in [1.807, 2.05) is 23.1 Å². The van der Waals surface area contributed by atoms with Gasteiger partial charge >= 0.3 is 0 Å². The minimum atomic E-state index is -0.240. The molecule has 0 heterocycles. The number of nitrogens with two attached hydrogens (primary N) is 1. The van der Waals surface area contributed by atoms with Crippen molar-refractivity contribution in [1.29, 1.82) is 0 Å². The molecule has 1 aromatic rings. The lowest BCUT2D eigenvalue weighted by Gasteiger charge is -2.25. The maximum Gasteiger partial charge on any atom is 0.225 e. The van der Waals surface area contributed by atoms with E-state index < -0.39 is 0 Å². The highest BCUT2D eigenvalue weighted by Crippen LogP contribution is 2.32. The molecule has 24 heavy (non-hydrogen) atoms. The van der Waals surface area contributed by atoms with Crippen molar-refractivity contribution < 1.29 is 19.0 Å². The number of nitrogens with zero attached hydrogens (tertiary/aromatic N) is 1. The number of amides is 1. The van der Waals surface area contributed by atoms with Crippen molar-refractivity contribution in [2.24, 2.45) is 5.73 Å². The molecule has 1 unspecified atom stereocenters. The summed E-state index contributed by atoms with van der Waals surface area (Å²) in [5.41, 5.74) is 6.57. The molecule has 1 atom stereocenters. The van der Waals surface area contributed by atoms with Gasteiger partial charge in [-0.3, -0.25) is 4.79 Å². The Morgan fingerprint density at radius 2 is 2.00 bits per heavy atom. The molecule has 1 saturated carbocycles. The molecular formula is C17H27ClN2O4. The molecule has 6 nitrogen and oxygen atoms in total. The average molecular weight is 359 g/mol. The van der Waals surface area contributed by atoms with Crippen molar-refractivity contribution in [2.75, 3.05) is 27.9 Å². The third-order valence-corrected chi connectivity index (χ3v) is 4.13. The predicted octanol–water partition coefficient (Wildman–Crippen LogP) is 1.98. The number of carbonyl (C=O) groups excluding carboxylic acids is 1. The monoisotopic (exact) mass is 358 g/mol. The Kier molecular flexibility index (Phi) is 8.31. The van der Waals surface area contributed by atoms with Crippen LogP contribution < -0.4 is 15.2 Å². The topological polar surface area (TPSA) is 74.0 Å². The van der Waals surface area contributed by atoms with E-state index in [0.717, 1.165) is 29.9 Å². The van der Waals surface area contributed by atoms with E-state index in [9.17, 15) is 4.79 Å². The summed E-state index contributed by atoms with van der Waals surface area (Å²) >= 11 is 0. The van der Waals surface area contributed by atoms with Gasteiger partial charge < -0.3 is 24.8 Å². The van der Waals surface area contributed by atoms with Crippen molar-refractivity contribution in [3.8, 4) is 11.5 Å². The van der Waals surface area contributed by atoms with E-state index in [2.05, 4.69) is 0 Å². The maximum absolute atomic E-state index is 12.6. The van der Waals surface area contributed by atoms with Gasteiger partial charge in [0, 0.05) is 31.8 Å². The summed E-state index contributed by atoms with van der Waals surface area (Å²) in [4.78, 5) is 14.5. The van der Waals surface area contributed by atoms with Gasteiger partial charge in [-0.1, -0.05) is 0 Å². The zero-order valence-corrected chi connectivity index (χ0v) is 15.3. The fourth-order valence-corrected chi connectivity index (χ4v) is 2.57. The maximum atomic E-state index is 12.6. The van der Waals surface area contributed by atoms with E-state index in [4.69, 9.17) is 19.9 Å². The molecule has 1 aliphatic rings. The molecule has 1 amide bonds. The van der Waals surface area contributed by atoms with Gasteiger partial charge in [-0.25, -0.2) is 0 Å². The number of ether oxygens (including phenoxy) is 3. The standard InChI is InChI=1S/C17H26N2O4.ClH/c1-21-14-6-7-16(23-3)12(8-14)11-19(13-4-5-13)17(20)9-15(10-18)22-2;/h6-8,13,15H,4-5,9-11,18H2,1-3H3;1H. The molecule has 0 bridgehead atoms. The molecular weight excluding hydrogens is 332 g/mol. The summed E-state index contributed by atoms with van der Waals surface area (Å²) in [6, 6.07) is 5.93. The lowest BCUT2D eigenvalue weighted by atomic mass is 10.1. The SMILES string of the molecule is COc1ccc(OC)c(CN(C(=O)CC(CN)OC)C2CC2)c1.Cl. The number of carbonyl (C=O) groups is 1. The van der Waals surface area contributed by atoms with E-state index in [1.54, 1.807) is 21.3 Å². The summed E-state index contributed by atoms with van der Waals surface area (Å²) in [6.07, 6.45) is 2.14. The van der Waals surface area contributed by atoms with E-state index in [0.29, 0.717) is 25.6 Å². The fraction of sp³-hybridized carbons (Fsp3) is 0.588. The van der Waals surface area contributed by atoms with Crippen LogP contribution >= 0.6 is 12.4 Å². The van der Waals surface area contributed by atoms with Crippen molar-refractivity contribution >= 4 is 18.3 Å². The first kappa shape index (κ1) is 20.5.